The molecule has 3 heteroatoms. The minimum absolute atomic E-state index is 0.820. The molecule has 0 bridgehead atoms. The summed E-state index contributed by atoms with van der Waals surface area (Å²) in [4.78, 5) is 2.45. The molecule has 1 fully saturated rings. The van der Waals surface area contributed by atoms with E-state index in [1.807, 2.05) is 12.1 Å². The normalized spacial score (nSPS) is 16.9. The van der Waals surface area contributed by atoms with Crippen molar-refractivity contribution in [2.24, 2.45) is 5.92 Å². The molecule has 0 atom stereocenters. The lowest BCUT2D eigenvalue weighted by atomic mass is 9.99. The van der Waals surface area contributed by atoms with Gasteiger partial charge in [-0.2, -0.15) is 0 Å². The zero-order chi connectivity index (χ0) is 13.5. The minimum atomic E-state index is 0.820. The quantitative estimate of drug-likeness (QED) is 0.801. The van der Waals surface area contributed by atoms with Crippen molar-refractivity contribution in [2.75, 3.05) is 39.1 Å². The van der Waals surface area contributed by atoms with Crippen molar-refractivity contribution in [1.82, 2.24) is 4.90 Å². The van der Waals surface area contributed by atoms with Gasteiger partial charge in [-0.25, -0.2) is 0 Å². The van der Waals surface area contributed by atoms with Gasteiger partial charge in [0.05, 0.1) is 0 Å². The monoisotopic (exact) mass is 262 g/mol. The molecule has 2 N–H and O–H groups in total. The van der Waals surface area contributed by atoms with Crippen LogP contribution in [-0.2, 0) is 11.2 Å². The number of hydrogen-bond acceptors (Lipinski definition) is 3. The molecule has 0 aliphatic carbocycles. The number of anilines is 1. The highest BCUT2D eigenvalue weighted by atomic mass is 16.5. The molecule has 19 heavy (non-hydrogen) atoms. The highest BCUT2D eigenvalue weighted by Gasteiger charge is 2.15. The van der Waals surface area contributed by atoms with Crippen LogP contribution in [0.2, 0.25) is 0 Å². The molecule has 1 aliphatic heterocycles. The van der Waals surface area contributed by atoms with Crippen molar-refractivity contribution in [2.45, 2.75) is 25.7 Å². The molecular weight excluding hydrogens is 236 g/mol. The summed E-state index contributed by atoms with van der Waals surface area (Å²) in [5.74, 6) is 0.820. The number of hydrogen-bond donors (Lipinski definition) is 1. The zero-order valence-corrected chi connectivity index (χ0v) is 12.0. The van der Waals surface area contributed by atoms with Crippen LogP contribution in [0.15, 0.2) is 24.3 Å². The summed E-state index contributed by atoms with van der Waals surface area (Å²) < 4.78 is 5.40. The van der Waals surface area contributed by atoms with Gasteiger partial charge in [-0.3, -0.25) is 0 Å². The van der Waals surface area contributed by atoms with Crippen LogP contribution in [0, 0.1) is 5.92 Å². The third-order valence-corrected chi connectivity index (χ3v) is 3.95. The molecule has 0 aromatic heterocycles. The van der Waals surface area contributed by atoms with E-state index in [0.29, 0.717) is 0 Å². The number of para-hydroxylation sites is 1. The molecule has 1 aromatic carbocycles. The van der Waals surface area contributed by atoms with Gasteiger partial charge in [-0.1, -0.05) is 18.2 Å². The van der Waals surface area contributed by atoms with Gasteiger partial charge in [0.15, 0.2) is 0 Å². The molecule has 0 unspecified atom stereocenters. The van der Waals surface area contributed by atoms with Crippen LogP contribution in [0.1, 0.15) is 24.8 Å². The summed E-state index contributed by atoms with van der Waals surface area (Å²) in [7, 11) is 2.23. The third kappa shape index (κ3) is 4.84. The van der Waals surface area contributed by atoms with Crippen molar-refractivity contribution in [3.05, 3.63) is 29.8 Å². The van der Waals surface area contributed by atoms with Gasteiger partial charge in [0.2, 0.25) is 0 Å². The lowest BCUT2D eigenvalue weighted by molar-refractivity contribution is 0.0556. The molecule has 1 heterocycles. The van der Waals surface area contributed by atoms with E-state index in [4.69, 9.17) is 10.5 Å². The summed E-state index contributed by atoms with van der Waals surface area (Å²) in [5, 5.41) is 0. The Kier molecular flexibility index (Phi) is 5.67. The molecule has 1 saturated heterocycles. The fourth-order valence-corrected chi connectivity index (χ4v) is 2.76. The van der Waals surface area contributed by atoms with Gasteiger partial charge in [-0.05, 0) is 56.8 Å². The summed E-state index contributed by atoms with van der Waals surface area (Å²) in [5.41, 5.74) is 8.16. The van der Waals surface area contributed by atoms with Gasteiger partial charge in [-0.15, -0.1) is 0 Å². The second-order valence-corrected chi connectivity index (χ2v) is 5.62. The molecule has 1 aliphatic rings. The molecule has 0 amide bonds. The van der Waals surface area contributed by atoms with Gasteiger partial charge in [0, 0.05) is 25.4 Å². The number of nitrogen functional groups attached to an aromatic ring is 1. The molecular formula is C16H26N2O. The summed E-state index contributed by atoms with van der Waals surface area (Å²) in [6, 6.07) is 8.18. The van der Waals surface area contributed by atoms with Crippen LogP contribution in [0.25, 0.3) is 0 Å². The summed E-state index contributed by atoms with van der Waals surface area (Å²) >= 11 is 0. The van der Waals surface area contributed by atoms with Gasteiger partial charge >= 0.3 is 0 Å². The number of aryl methyl sites for hydroxylation is 1. The lowest BCUT2D eigenvalue weighted by Gasteiger charge is -2.27. The molecule has 2 rings (SSSR count). The number of nitrogens with zero attached hydrogens (tertiary/aromatic N) is 1. The van der Waals surface area contributed by atoms with Gasteiger partial charge in [0.1, 0.15) is 0 Å². The smallest absolute Gasteiger partial charge is 0.0469 e. The average molecular weight is 262 g/mol. The Hall–Kier alpha value is -1.06. The second-order valence-electron chi connectivity index (χ2n) is 5.62. The SMILES string of the molecule is CN(CCCc1ccccc1N)CC1CCOCC1. The first kappa shape index (κ1) is 14.4. The van der Waals surface area contributed by atoms with E-state index < -0.39 is 0 Å². The number of nitrogens with two attached hydrogens (primary N) is 1. The van der Waals surface area contributed by atoms with E-state index in [2.05, 4.69) is 24.1 Å². The number of rotatable bonds is 6. The van der Waals surface area contributed by atoms with E-state index in [1.165, 1.54) is 31.4 Å². The van der Waals surface area contributed by atoms with Crippen LogP contribution >= 0.6 is 0 Å². The predicted molar refractivity (Wildman–Crippen MR) is 80.2 cm³/mol. The third-order valence-electron chi connectivity index (χ3n) is 3.95. The zero-order valence-electron chi connectivity index (χ0n) is 12.0. The first-order chi connectivity index (χ1) is 9.25. The number of benzene rings is 1. The Morgan fingerprint density at radius 2 is 2.00 bits per heavy atom. The van der Waals surface area contributed by atoms with Crippen LogP contribution in [0.5, 0.6) is 0 Å². The second kappa shape index (κ2) is 7.51. The van der Waals surface area contributed by atoms with Crippen molar-refractivity contribution in [1.29, 1.82) is 0 Å². The van der Waals surface area contributed by atoms with Gasteiger partial charge < -0.3 is 15.4 Å². The van der Waals surface area contributed by atoms with Crippen molar-refractivity contribution >= 4 is 5.69 Å². The van der Waals surface area contributed by atoms with E-state index in [-0.39, 0.29) is 0 Å². The standard InChI is InChI=1S/C16H26N2O/c1-18(13-14-8-11-19-12-9-14)10-4-6-15-5-2-3-7-16(15)17/h2-3,5,7,14H,4,6,8-13,17H2,1H3. The summed E-state index contributed by atoms with van der Waals surface area (Å²) in [6.45, 7) is 4.23. The van der Waals surface area contributed by atoms with Gasteiger partial charge in [0.25, 0.3) is 0 Å². The Morgan fingerprint density at radius 3 is 2.74 bits per heavy atom. The highest BCUT2D eigenvalue weighted by Crippen LogP contribution is 2.16. The topological polar surface area (TPSA) is 38.5 Å². The number of ether oxygens (including phenoxy) is 1. The Labute approximate surface area is 116 Å². The maximum atomic E-state index is 5.96. The highest BCUT2D eigenvalue weighted by molar-refractivity contribution is 5.46. The van der Waals surface area contributed by atoms with Crippen LogP contribution < -0.4 is 5.73 Å². The van der Waals surface area contributed by atoms with E-state index >= 15 is 0 Å². The molecule has 106 valence electrons. The van der Waals surface area contributed by atoms with E-state index in [1.54, 1.807) is 0 Å². The van der Waals surface area contributed by atoms with Crippen molar-refractivity contribution in [3.63, 3.8) is 0 Å². The van der Waals surface area contributed by atoms with E-state index in [9.17, 15) is 0 Å². The van der Waals surface area contributed by atoms with Crippen LogP contribution in [-0.4, -0.2) is 38.3 Å². The predicted octanol–water partition coefficient (Wildman–Crippen LogP) is 2.56. The summed E-state index contributed by atoms with van der Waals surface area (Å²) in [6.07, 6.45) is 4.69. The maximum Gasteiger partial charge on any atom is 0.0469 e. The van der Waals surface area contributed by atoms with E-state index in [0.717, 1.165) is 37.8 Å². The first-order valence-electron chi connectivity index (χ1n) is 7.35. The van der Waals surface area contributed by atoms with Crippen LogP contribution in [0.4, 0.5) is 5.69 Å². The Morgan fingerprint density at radius 1 is 1.26 bits per heavy atom. The lowest BCUT2D eigenvalue weighted by Crippen LogP contribution is -2.30. The Balaban J connectivity index is 1.66. The fourth-order valence-electron chi connectivity index (χ4n) is 2.76. The molecule has 0 saturated carbocycles. The molecule has 1 aromatic rings. The first-order valence-corrected chi connectivity index (χ1v) is 7.35. The minimum Gasteiger partial charge on any atom is -0.399 e. The largest absolute Gasteiger partial charge is 0.399 e. The van der Waals surface area contributed by atoms with Crippen LogP contribution in [0.3, 0.4) is 0 Å². The molecule has 3 nitrogen and oxygen atoms in total. The fraction of sp³-hybridized carbons (Fsp3) is 0.625. The maximum absolute atomic E-state index is 5.96. The Bertz CT molecular complexity index is 375. The molecule has 0 radical (unpaired) electrons. The van der Waals surface area contributed by atoms with Crippen molar-refractivity contribution < 1.29 is 4.74 Å². The average Bonchev–Trinajstić information content (AvgIpc) is 2.42. The molecule has 0 spiro atoms. The van der Waals surface area contributed by atoms with Crippen molar-refractivity contribution in [3.8, 4) is 0 Å².